The summed E-state index contributed by atoms with van der Waals surface area (Å²) in [4.78, 5) is 9.20. The lowest BCUT2D eigenvalue weighted by molar-refractivity contribution is -0.0794. The van der Waals surface area contributed by atoms with Gasteiger partial charge in [-0.3, -0.25) is 9.97 Å². The third-order valence-electron chi connectivity index (χ3n) is 13.8. The Kier molecular flexibility index (Phi) is 7.54. The second-order valence-electron chi connectivity index (χ2n) is 19.2. The molecule has 3 aromatic rings. The van der Waals surface area contributed by atoms with Crippen molar-refractivity contribution in [3.05, 3.63) is 84.4 Å². The van der Waals surface area contributed by atoms with E-state index in [4.69, 9.17) is 0 Å². The lowest BCUT2D eigenvalue weighted by Crippen LogP contribution is -2.57. The Morgan fingerprint density at radius 2 is 1.09 bits per heavy atom. The summed E-state index contributed by atoms with van der Waals surface area (Å²) in [5, 5.41) is 4.56. The van der Waals surface area contributed by atoms with Crippen molar-refractivity contribution in [1.82, 2.24) is 9.97 Å². The first kappa shape index (κ1) is 31.8. The van der Waals surface area contributed by atoms with Gasteiger partial charge in [0.15, 0.2) is 0 Å². The summed E-state index contributed by atoms with van der Waals surface area (Å²) in [7, 11) is 1.55. The average Bonchev–Trinajstić information content (AvgIpc) is 2.97. The largest absolute Gasteiger partial charge is 0.264 e. The summed E-state index contributed by atoms with van der Waals surface area (Å²) in [5.74, 6) is 1.93. The minimum Gasteiger partial charge on any atom is -0.264 e. The van der Waals surface area contributed by atoms with E-state index >= 15 is 0 Å². The Labute approximate surface area is 289 Å². The van der Waals surface area contributed by atoms with Crippen molar-refractivity contribution in [2.75, 3.05) is 0 Å². The number of rotatable bonds is 9. The maximum Gasteiger partial charge on any atom is 0.0348 e. The van der Waals surface area contributed by atoms with E-state index < -0.39 is 7.92 Å². The summed E-state index contributed by atoms with van der Waals surface area (Å²) in [6, 6.07) is 18.7. The molecule has 6 atom stereocenters. The molecule has 2 heterocycles. The van der Waals surface area contributed by atoms with Crippen LogP contribution < -0.4 is 10.6 Å². The van der Waals surface area contributed by atoms with Gasteiger partial charge < -0.3 is 0 Å². The molecule has 5 heteroatoms. The molecule has 0 amide bonds. The molecule has 2 aromatic heterocycles. The molecule has 6 unspecified atom stereocenters. The van der Waals surface area contributed by atoms with E-state index in [-0.39, 0.29) is 0 Å². The van der Waals surface area contributed by atoms with Gasteiger partial charge >= 0.3 is 0 Å². The van der Waals surface area contributed by atoms with Gasteiger partial charge in [0.1, 0.15) is 0 Å². The third-order valence-corrected chi connectivity index (χ3v) is 20.6. The minimum absolute atomic E-state index is 0.557. The third kappa shape index (κ3) is 5.92. The van der Waals surface area contributed by atoms with Crippen LogP contribution in [0.3, 0.4) is 0 Å². The van der Waals surface area contributed by atoms with Gasteiger partial charge in [0.2, 0.25) is 0 Å². The SMILES string of the molecule is CC12CC3CC(C)(C1)CC(PC(PC14CC5CC(C)(CC(C)(C5)C1)C4)c1ccccc1CP(c1cccnc1)c1cccnc1)(C3)C2. The van der Waals surface area contributed by atoms with Crippen molar-refractivity contribution in [2.45, 2.75) is 127 Å². The van der Waals surface area contributed by atoms with Crippen molar-refractivity contribution < 1.29 is 0 Å². The second-order valence-corrected chi connectivity index (χ2v) is 25.9. The Hall–Kier alpha value is -1.19. The number of benzene rings is 1. The van der Waals surface area contributed by atoms with Gasteiger partial charge in [-0.2, -0.15) is 0 Å². The van der Waals surface area contributed by atoms with Crippen LogP contribution in [0, 0.1) is 33.5 Å². The molecule has 0 spiro atoms. The van der Waals surface area contributed by atoms with E-state index in [1.807, 2.05) is 12.4 Å². The number of nitrogens with zero attached hydrogens (tertiary/aromatic N) is 2. The zero-order chi connectivity index (χ0) is 32.1. The molecule has 8 aliphatic rings. The maximum absolute atomic E-state index is 4.60. The monoisotopic (exact) mass is 680 g/mol. The van der Waals surface area contributed by atoms with Crippen LogP contribution in [0.25, 0.3) is 0 Å². The van der Waals surface area contributed by atoms with Crippen LogP contribution in [0.2, 0.25) is 0 Å². The van der Waals surface area contributed by atoms with Gasteiger partial charge in [0.25, 0.3) is 0 Å². The van der Waals surface area contributed by atoms with E-state index in [1.165, 1.54) is 87.7 Å². The van der Waals surface area contributed by atoms with Crippen molar-refractivity contribution in [2.24, 2.45) is 33.5 Å². The first-order valence-corrected chi connectivity index (χ1v) is 22.3. The topological polar surface area (TPSA) is 25.8 Å². The zero-order valence-electron chi connectivity index (χ0n) is 29.2. The van der Waals surface area contributed by atoms with Crippen LogP contribution in [0.5, 0.6) is 0 Å². The van der Waals surface area contributed by atoms with Crippen LogP contribution in [-0.4, -0.2) is 20.3 Å². The summed E-state index contributed by atoms with van der Waals surface area (Å²) >= 11 is 0. The van der Waals surface area contributed by atoms with Gasteiger partial charge in [0, 0.05) is 36.3 Å². The van der Waals surface area contributed by atoms with Gasteiger partial charge in [-0.05, 0) is 163 Å². The van der Waals surface area contributed by atoms with Gasteiger partial charge in [-0.25, -0.2) is 0 Å². The molecule has 2 nitrogen and oxygen atoms in total. The maximum atomic E-state index is 4.60. The number of aromatic nitrogens is 2. The predicted octanol–water partition coefficient (Wildman–Crippen LogP) is 11.0. The van der Waals surface area contributed by atoms with Gasteiger partial charge in [0.05, 0.1) is 0 Å². The van der Waals surface area contributed by atoms with E-state index in [0.29, 0.717) is 37.4 Å². The molecule has 1 aromatic carbocycles. The molecular formula is C42H55N2P3. The zero-order valence-corrected chi connectivity index (χ0v) is 32.1. The summed E-state index contributed by atoms with van der Waals surface area (Å²) in [6.07, 6.45) is 27.2. The molecule has 248 valence electrons. The van der Waals surface area contributed by atoms with Crippen LogP contribution in [-0.2, 0) is 6.16 Å². The molecule has 0 saturated heterocycles. The normalized spacial score (nSPS) is 42.4. The predicted molar refractivity (Wildman–Crippen MR) is 204 cm³/mol. The highest BCUT2D eigenvalue weighted by molar-refractivity contribution is 7.72. The van der Waals surface area contributed by atoms with E-state index in [9.17, 15) is 0 Å². The van der Waals surface area contributed by atoms with Crippen molar-refractivity contribution in [3.8, 4) is 0 Å². The first-order chi connectivity index (χ1) is 22.4. The van der Waals surface area contributed by atoms with Crippen molar-refractivity contribution in [3.63, 3.8) is 0 Å². The molecule has 47 heavy (non-hydrogen) atoms. The van der Waals surface area contributed by atoms with Gasteiger partial charge in [-0.15, -0.1) is 17.2 Å². The number of pyridine rings is 2. The fraction of sp³-hybridized carbons (Fsp3) is 0.619. The molecular weight excluding hydrogens is 625 g/mol. The molecule has 0 aliphatic heterocycles. The van der Waals surface area contributed by atoms with E-state index in [0.717, 1.165) is 35.2 Å². The number of hydrogen-bond donors (Lipinski definition) is 0. The minimum atomic E-state index is -0.584. The van der Waals surface area contributed by atoms with Gasteiger partial charge in [-0.1, -0.05) is 64.1 Å². The lowest BCUT2D eigenvalue weighted by Gasteiger charge is -2.67. The molecule has 11 rings (SSSR count). The molecule has 0 N–H and O–H groups in total. The highest BCUT2D eigenvalue weighted by Gasteiger charge is 2.63. The Morgan fingerprint density at radius 3 is 1.51 bits per heavy atom. The fourth-order valence-electron chi connectivity index (χ4n) is 14.5. The Balaban J connectivity index is 1.12. The number of hydrogen-bond acceptors (Lipinski definition) is 2. The average molecular weight is 681 g/mol. The van der Waals surface area contributed by atoms with Crippen LogP contribution in [0.4, 0.5) is 0 Å². The standard InChI is InChI=1S/C42H55N2P3/c1-37-15-30-16-38(2,24-37)27-41(19-30,26-37)45-36(46-42-20-31-17-39(3,28-42)25-40(4,18-31)29-42)35-12-6-5-9-32(35)23-47(33-10-7-13-43-21-33)34-11-8-14-44-22-34/h5-14,21-22,30-31,36,45-46H,15-20,23-29H2,1-4H3. The summed E-state index contributed by atoms with van der Waals surface area (Å²) in [5.41, 5.74) is 5.63. The quantitative estimate of drug-likeness (QED) is 0.210. The first-order valence-electron chi connectivity index (χ1n) is 18.6. The molecule has 8 aliphatic carbocycles. The lowest BCUT2D eigenvalue weighted by atomic mass is 9.45. The molecule has 8 saturated carbocycles. The van der Waals surface area contributed by atoms with Crippen LogP contribution in [0.1, 0.15) is 121 Å². The summed E-state index contributed by atoms with van der Waals surface area (Å²) < 4.78 is 0. The Morgan fingerprint density at radius 1 is 0.617 bits per heavy atom. The van der Waals surface area contributed by atoms with Crippen molar-refractivity contribution >= 4 is 35.7 Å². The summed E-state index contributed by atoms with van der Waals surface area (Å²) in [6.45, 7) is 10.8. The molecule has 0 radical (unpaired) electrons. The fourth-order valence-corrected chi connectivity index (χ4v) is 23.9. The smallest absolute Gasteiger partial charge is 0.0348 e. The van der Waals surface area contributed by atoms with Crippen molar-refractivity contribution in [1.29, 1.82) is 0 Å². The second kappa shape index (κ2) is 11.2. The van der Waals surface area contributed by atoms with Crippen LogP contribution in [0.15, 0.2) is 73.3 Å². The highest BCUT2D eigenvalue weighted by atomic mass is 31.1. The van der Waals surface area contributed by atoms with E-state index in [2.05, 4.69) is 98.6 Å². The highest BCUT2D eigenvalue weighted by Crippen LogP contribution is 2.78. The molecule has 8 fully saturated rings. The van der Waals surface area contributed by atoms with E-state index in [1.54, 1.807) is 11.1 Å². The Bertz CT molecular complexity index is 1510. The van der Waals surface area contributed by atoms with Crippen LogP contribution >= 0.6 is 25.1 Å². The molecule has 8 bridgehead atoms.